The van der Waals surface area contributed by atoms with E-state index in [9.17, 15) is 4.79 Å². The van der Waals surface area contributed by atoms with Crippen molar-refractivity contribution in [3.8, 4) is 0 Å². The van der Waals surface area contributed by atoms with Gasteiger partial charge in [0.2, 0.25) is 5.91 Å². The van der Waals surface area contributed by atoms with E-state index in [1.54, 1.807) is 7.11 Å². The lowest BCUT2D eigenvalue weighted by Crippen LogP contribution is -2.53. The predicted octanol–water partition coefficient (Wildman–Crippen LogP) is 1.61. The molecule has 0 rings (SSSR count). The number of nitrogens with one attached hydrogen (secondary N) is 1. The summed E-state index contributed by atoms with van der Waals surface area (Å²) < 4.78 is 5.16. The molecule has 0 fully saturated rings. The van der Waals surface area contributed by atoms with E-state index in [4.69, 9.17) is 10.5 Å². The van der Waals surface area contributed by atoms with Gasteiger partial charge in [-0.25, -0.2) is 0 Å². The summed E-state index contributed by atoms with van der Waals surface area (Å²) in [5.74, 6) is 0.367. The van der Waals surface area contributed by atoms with Gasteiger partial charge in [0.25, 0.3) is 0 Å². The Hall–Kier alpha value is -0.650. The molecule has 1 unspecified atom stereocenters. The smallest absolute Gasteiger partial charge is 0.237 e. The molecule has 0 aromatic rings. The highest BCUT2D eigenvalue weighted by Gasteiger charge is 2.29. The number of methoxy groups -OCH3 is 1. The summed E-state index contributed by atoms with van der Waals surface area (Å²) in [4.78, 5) is 14.1. The molecule has 1 atom stereocenters. The van der Waals surface area contributed by atoms with Gasteiger partial charge in [-0.05, 0) is 45.2 Å². The normalized spacial score (nSPS) is 14.6. The van der Waals surface area contributed by atoms with Crippen LogP contribution in [0.1, 0.15) is 47.0 Å². The highest BCUT2D eigenvalue weighted by molar-refractivity contribution is 5.84. The number of ether oxygens (including phenoxy) is 1. The Bertz CT molecular complexity index is 285. The molecule has 0 aliphatic heterocycles. The Balaban J connectivity index is 4.32. The zero-order chi connectivity index (χ0) is 16.3. The fourth-order valence-corrected chi connectivity index (χ4v) is 2.39. The molecule has 0 spiro atoms. The first-order valence-electron chi connectivity index (χ1n) is 8.12. The average Bonchev–Trinajstić information content (AvgIpc) is 2.41. The van der Waals surface area contributed by atoms with Crippen molar-refractivity contribution in [1.82, 2.24) is 10.2 Å². The van der Waals surface area contributed by atoms with E-state index < -0.39 is 5.54 Å². The van der Waals surface area contributed by atoms with E-state index in [1.165, 1.54) is 0 Å². The molecule has 0 aromatic carbocycles. The van der Waals surface area contributed by atoms with E-state index in [0.29, 0.717) is 5.92 Å². The van der Waals surface area contributed by atoms with Crippen molar-refractivity contribution in [1.29, 1.82) is 0 Å². The Morgan fingerprint density at radius 2 is 2.05 bits per heavy atom. The SMILES string of the molecule is CCCNC(C)(CCCN(CCOC)CC(C)C)C(N)=O. The maximum Gasteiger partial charge on any atom is 0.237 e. The Morgan fingerprint density at radius 1 is 1.38 bits per heavy atom. The molecular weight excluding hydrogens is 266 g/mol. The first-order valence-corrected chi connectivity index (χ1v) is 8.12. The minimum Gasteiger partial charge on any atom is -0.383 e. The first kappa shape index (κ1) is 20.3. The summed E-state index contributed by atoms with van der Waals surface area (Å²) in [7, 11) is 1.73. The van der Waals surface area contributed by atoms with Crippen LogP contribution in [0.3, 0.4) is 0 Å². The first-order chi connectivity index (χ1) is 9.85. The van der Waals surface area contributed by atoms with Crippen LogP contribution in [0, 0.1) is 5.92 Å². The maximum absolute atomic E-state index is 11.7. The molecule has 0 heterocycles. The van der Waals surface area contributed by atoms with Gasteiger partial charge in [0.05, 0.1) is 12.1 Å². The van der Waals surface area contributed by atoms with Crippen LogP contribution in [0.25, 0.3) is 0 Å². The fraction of sp³-hybridized carbons (Fsp3) is 0.938. The second-order valence-electron chi connectivity index (χ2n) is 6.41. The number of hydrogen-bond acceptors (Lipinski definition) is 4. The van der Waals surface area contributed by atoms with E-state index >= 15 is 0 Å². The third-order valence-electron chi connectivity index (χ3n) is 3.70. The molecule has 21 heavy (non-hydrogen) atoms. The van der Waals surface area contributed by atoms with Crippen molar-refractivity contribution in [2.75, 3.05) is 39.9 Å². The Morgan fingerprint density at radius 3 is 2.52 bits per heavy atom. The van der Waals surface area contributed by atoms with Gasteiger partial charge in [0.15, 0.2) is 0 Å². The number of carbonyl (C=O) groups is 1. The lowest BCUT2D eigenvalue weighted by molar-refractivity contribution is -0.124. The third kappa shape index (κ3) is 9.06. The molecule has 0 aliphatic rings. The number of primary amides is 1. The van der Waals surface area contributed by atoms with Crippen LogP contribution in [0.2, 0.25) is 0 Å². The van der Waals surface area contributed by atoms with Crippen LogP contribution < -0.4 is 11.1 Å². The minimum atomic E-state index is -0.596. The van der Waals surface area contributed by atoms with Crippen molar-refractivity contribution in [3.05, 3.63) is 0 Å². The van der Waals surface area contributed by atoms with E-state index in [2.05, 4.69) is 31.0 Å². The monoisotopic (exact) mass is 301 g/mol. The van der Waals surface area contributed by atoms with Crippen LogP contribution in [0.5, 0.6) is 0 Å². The third-order valence-corrected chi connectivity index (χ3v) is 3.70. The van der Waals surface area contributed by atoms with Gasteiger partial charge in [0.1, 0.15) is 0 Å². The summed E-state index contributed by atoms with van der Waals surface area (Å²) >= 11 is 0. The maximum atomic E-state index is 11.7. The summed E-state index contributed by atoms with van der Waals surface area (Å²) in [5, 5.41) is 3.29. The second kappa shape index (κ2) is 11.0. The average molecular weight is 301 g/mol. The Kier molecular flexibility index (Phi) is 10.6. The van der Waals surface area contributed by atoms with Crippen LogP contribution >= 0.6 is 0 Å². The van der Waals surface area contributed by atoms with Crippen LogP contribution in [-0.2, 0) is 9.53 Å². The van der Waals surface area contributed by atoms with Gasteiger partial charge < -0.3 is 20.7 Å². The summed E-state index contributed by atoms with van der Waals surface area (Å²) in [5.41, 5.74) is 4.96. The van der Waals surface area contributed by atoms with Gasteiger partial charge in [-0.3, -0.25) is 4.79 Å². The van der Waals surface area contributed by atoms with Gasteiger partial charge >= 0.3 is 0 Å². The highest BCUT2D eigenvalue weighted by atomic mass is 16.5. The van der Waals surface area contributed by atoms with Crippen molar-refractivity contribution >= 4 is 5.91 Å². The summed E-state index contributed by atoms with van der Waals surface area (Å²) in [6.45, 7) is 13.0. The molecule has 0 radical (unpaired) electrons. The quantitative estimate of drug-likeness (QED) is 0.542. The summed E-state index contributed by atoms with van der Waals surface area (Å²) in [6.07, 6.45) is 2.71. The molecular formula is C16H35N3O2. The van der Waals surface area contributed by atoms with Crippen molar-refractivity contribution in [3.63, 3.8) is 0 Å². The van der Waals surface area contributed by atoms with Gasteiger partial charge in [-0.1, -0.05) is 20.8 Å². The number of hydrogen-bond donors (Lipinski definition) is 2. The lowest BCUT2D eigenvalue weighted by Gasteiger charge is -2.29. The lowest BCUT2D eigenvalue weighted by atomic mass is 9.94. The van der Waals surface area contributed by atoms with Gasteiger partial charge in [-0.2, -0.15) is 0 Å². The molecule has 0 aliphatic carbocycles. The van der Waals surface area contributed by atoms with Crippen molar-refractivity contribution in [2.24, 2.45) is 11.7 Å². The van der Waals surface area contributed by atoms with E-state index in [-0.39, 0.29) is 5.91 Å². The highest BCUT2D eigenvalue weighted by Crippen LogP contribution is 2.13. The van der Waals surface area contributed by atoms with Crippen LogP contribution in [0.15, 0.2) is 0 Å². The summed E-state index contributed by atoms with van der Waals surface area (Å²) in [6, 6.07) is 0. The Labute approximate surface area is 130 Å². The number of rotatable bonds is 13. The molecule has 3 N–H and O–H groups in total. The minimum absolute atomic E-state index is 0.261. The zero-order valence-corrected chi connectivity index (χ0v) is 14.6. The predicted molar refractivity (Wildman–Crippen MR) is 88.3 cm³/mol. The van der Waals surface area contributed by atoms with Crippen LogP contribution in [-0.4, -0.2) is 56.2 Å². The molecule has 5 nitrogen and oxygen atoms in total. The second-order valence-corrected chi connectivity index (χ2v) is 6.41. The number of nitrogens with two attached hydrogens (primary N) is 1. The molecule has 0 saturated carbocycles. The molecule has 0 bridgehead atoms. The van der Waals surface area contributed by atoms with Crippen molar-refractivity contribution < 1.29 is 9.53 Å². The van der Waals surface area contributed by atoms with E-state index in [1.807, 2.05) is 6.92 Å². The topological polar surface area (TPSA) is 67.6 Å². The molecule has 126 valence electrons. The molecule has 0 aromatic heterocycles. The number of amides is 1. The number of carbonyl (C=O) groups excluding carboxylic acids is 1. The zero-order valence-electron chi connectivity index (χ0n) is 14.6. The number of nitrogens with zero attached hydrogens (tertiary/aromatic N) is 1. The van der Waals surface area contributed by atoms with E-state index in [0.717, 1.165) is 52.0 Å². The standard InChI is InChI=1S/C16H35N3O2/c1-6-9-18-16(4,15(17)20)8-7-10-19(11-12-21-5)13-14(2)3/h14,18H,6-13H2,1-5H3,(H2,17,20). The van der Waals surface area contributed by atoms with Gasteiger partial charge in [0, 0.05) is 20.2 Å². The molecule has 5 heteroatoms. The fourth-order valence-electron chi connectivity index (χ4n) is 2.39. The van der Waals surface area contributed by atoms with Gasteiger partial charge in [-0.15, -0.1) is 0 Å². The largest absolute Gasteiger partial charge is 0.383 e. The van der Waals surface area contributed by atoms with Crippen LogP contribution in [0.4, 0.5) is 0 Å². The van der Waals surface area contributed by atoms with Crippen molar-refractivity contribution in [2.45, 2.75) is 52.5 Å². The molecule has 1 amide bonds. The molecule has 0 saturated heterocycles.